The molecule has 0 radical (unpaired) electrons. The van der Waals surface area contributed by atoms with Crippen molar-refractivity contribution in [1.29, 1.82) is 0 Å². The molecule has 2 saturated heterocycles. The molecule has 1 spiro atoms. The van der Waals surface area contributed by atoms with Gasteiger partial charge in [0.2, 0.25) is 11.8 Å². The molecule has 6 nitrogen and oxygen atoms in total. The van der Waals surface area contributed by atoms with E-state index >= 15 is 0 Å². The van der Waals surface area contributed by atoms with Crippen LogP contribution in [0.5, 0.6) is 5.75 Å². The second-order valence-electron chi connectivity index (χ2n) is 8.08. The summed E-state index contributed by atoms with van der Waals surface area (Å²) in [6.07, 6.45) is 4.79. The summed E-state index contributed by atoms with van der Waals surface area (Å²) in [6, 6.07) is 7.90. The van der Waals surface area contributed by atoms with E-state index < -0.39 is 0 Å². The van der Waals surface area contributed by atoms with Crippen molar-refractivity contribution in [1.82, 2.24) is 9.80 Å². The van der Waals surface area contributed by atoms with Gasteiger partial charge in [0.05, 0.1) is 13.7 Å². The molecule has 3 rings (SSSR count). The van der Waals surface area contributed by atoms with E-state index in [1.807, 2.05) is 34.1 Å². The lowest BCUT2D eigenvalue weighted by atomic mass is 9.73. The van der Waals surface area contributed by atoms with Gasteiger partial charge in [0, 0.05) is 51.5 Å². The molecule has 2 heterocycles. The Hall–Kier alpha value is -2.08. The first-order chi connectivity index (χ1) is 13.5. The molecule has 1 aromatic rings. The lowest BCUT2D eigenvalue weighted by Crippen LogP contribution is -2.55. The van der Waals surface area contributed by atoms with E-state index in [-0.39, 0.29) is 17.2 Å². The van der Waals surface area contributed by atoms with Crippen molar-refractivity contribution in [3.05, 3.63) is 29.8 Å². The average Bonchev–Trinajstić information content (AvgIpc) is 2.73. The van der Waals surface area contributed by atoms with Gasteiger partial charge in [0.1, 0.15) is 5.75 Å². The minimum atomic E-state index is 0.0472. The van der Waals surface area contributed by atoms with Crippen molar-refractivity contribution in [3.63, 3.8) is 0 Å². The Morgan fingerprint density at radius 1 is 1.21 bits per heavy atom. The predicted molar refractivity (Wildman–Crippen MR) is 107 cm³/mol. The molecule has 0 aromatic heterocycles. The highest BCUT2D eigenvalue weighted by Gasteiger charge is 2.42. The van der Waals surface area contributed by atoms with Crippen LogP contribution in [0.1, 0.15) is 37.7 Å². The first kappa shape index (κ1) is 20.6. The largest absolute Gasteiger partial charge is 0.497 e. The fraction of sp³-hybridized carbons (Fsp3) is 0.636. The fourth-order valence-corrected chi connectivity index (χ4v) is 4.50. The van der Waals surface area contributed by atoms with Gasteiger partial charge >= 0.3 is 0 Å². The summed E-state index contributed by atoms with van der Waals surface area (Å²) in [4.78, 5) is 29.0. The molecule has 28 heavy (non-hydrogen) atoms. The van der Waals surface area contributed by atoms with E-state index in [1.54, 1.807) is 14.2 Å². The van der Waals surface area contributed by atoms with Crippen molar-refractivity contribution in [2.24, 2.45) is 5.41 Å². The number of aryl methyl sites for hydroxylation is 1. The molecule has 0 aliphatic carbocycles. The molecule has 0 bridgehead atoms. The Bertz CT molecular complexity index is 693. The number of amides is 2. The number of piperidine rings is 2. The van der Waals surface area contributed by atoms with E-state index in [0.29, 0.717) is 26.0 Å². The van der Waals surface area contributed by atoms with Crippen LogP contribution in [0.4, 0.5) is 0 Å². The van der Waals surface area contributed by atoms with Crippen LogP contribution in [0, 0.1) is 5.41 Å². The first-order valence-electron chi connectivity index (χ1n) is 10.2. The number of methoxy groups -OCH3 is 2. The van der Waals surface area contributed by atoms with Crippen LogP contribution in [0.25, 0.3) is 0 Å². The fourth-order valence-electron chi connectivity index (χ4n) is 4.50. The Kier molecular flexibility index (Phi) is 6.94. The Balaban J connectivity index is 1.57. The Morgan fingerprint density at radius 3 is 2.86 bits per heavy atom. The maximum Gasteiger partial charge on any atom is 0.222 e. The number of hydrogen-bond donors (Lipinski definition) is 0. The number of nitrogens with zero attached hydrogens (tertiary/aromatic N) is 2. The second kappa shape index (κ2) is 9.41. The number of benzene rings is 1. The summed E-state index contributed by atoms with van der Waals surface area (Å²) in [7, 11) is 3.32. The van der Waals surface area contributed by atoms with Gasteiger partial charge in [-0.15, -0.1) is 0 Å². The lowest BCUT2D eigenvalue weighted by Gasteiger charge is -2.48. The van der Waals surface area contributed by atoms with Crippen LogP contribution in [0.2, 0.25) is 0 Å². The van der Waals surface area contributed by atoms with Gasteiger partial charge in [-0.3, -0.25) is 9.59 Å². The zero-order valence-corrected chi connectivity index (χ0v) is 17.1. The van der Waals surface area contributed by atoms with Crippen LogP contribution < -0.4 is 4.74 Å². The molecular formula is C22H32N2O4. The zero-order chi connectivity index (χ0) is 20.0. The minimum absolute atomic E-state index is 0.0472. The molecule has 154 valence electrons. The number of likely N-dealkylation sites (tertiary alicyclic amines) is 2. The van der Waals surface area contributed by atoms with E-state index in [2.05, 4.69) is 0 Å². The van der Waals surface area contributed by atoms with Crippen LogP contribution in [0.15, 0.2) is 24.3 Å². The molecule has 1 atom stereocenters. The molecule has 2 aliphatic rings. The highest BCUT2D eigenvalue weighted by Crippen LogP contribution is 2.39. The van der Waals surface area contributed by atoms with Crippen molar-refractivity contribution in [3.8, 4) is 5.75 Å². The lowest BCUT2D eigenvalue weighted by molar-refractivity contribution is -0.143. The van der Waals surface area contributed by atoms with Crippen molar-refractivity contribution >= 4 is 11.8 Å². The molecule has 0 unspecified atom stereocenters. The van der Waals surface area contributed by atoms with Crippen molar-refractivity contribution < 1.29 is 19.1 Å². The number of rotatable bonds is 7. The quantitative estimate of drug-likeness (QED) is 0.720. The number of carbonyl (C=O) groups is 2. The van der Waals surface area contributed by atoms with E-state index in [0.717, 1.165) is 56.6 Å². The van der Waals surface area contributed by atoms with Crippen LogP contribution in [-0.4, -0.2) is 68.6 Å². The van der Waals surface area contributed by atoms with Crippen molar-refractivity contribution in [2.45, 2.75) is 38.5 Å². The smallest absolute Gasteiger partial charge is 0.222 e. The highest BCUT2D eigenvalue weighted by atomic mass is 16.5. The third kappa shape index (κ3) is 5.04. The Morgan fingerprint density at radius 2 is 2.07 bits per heavy atom. The Labute approximate surface area is 167 Å². The third-order valence-electron chi connectivity index (χ3n) is 6.09. The standard InChI is InChI=1S/C22H32N2O4/c1-27-14-13-24-17-22(11-9-21(24)26)10-4-12-23(16-22)20(25)8-7-18-5-3-6-19(15-18)28-2/h3,5-6,15H,4,7-14,16-17H2,1-2H3/t22-/m1/s1. The number of hydrogen-bond acceptors (Lipinski definition) is 4. The number of ether oxygens (including phenoxy) is 2. The molecule has 0 saturated carbocycles. The van der Waals surface area contributed by atoms with Gasteiger partial charge in [0.25, 0.3) is 0 Å². The van der Waals surface area contributed by atoms with E-state index in [1.165, 1.54) is 0 Å². The molecule has 2 fully saturated rings. The number of carbonyl (C=O) groups excluding carboxylic acids is 2. The first-order valence-corrected chi connectivity index (χ1v) is 10.2. The maximum atomic E-state index is 12.9. The van der Waals surface area contributed by atoms with E-state index in [4.69, 9.17) is 9.47 Å². The van der Waals surface area contributed by atoms with Gasteiger partial charge in [-0.1, -0.05) is 12.1 Å². The minimum Gasteiger partial charge on any atom is -0.497 e. The zero-order valence-electron chi connectivity index (χ0n) is 17.1. The summed E-state index contributed by atoms with van der Waals surface area (Å²) in [5.74, 6) is 1.25. The van der Waals surface area contributed by atoms with Crippen molar-refractivity contribution in [2.75, 3.05) is 47.0 Å². The average molecular weight is 389 g/mol. The molecule has 0 N–H and O–H groups in total. The van der Waals surface area contributed by atoms with Gasteiger partial charge in [-0.2, -0.15) is 0 Å². The maximum absolute atomic E-state index is 12.9. The normalized spacial score (nSPS) is 22.6. The molecule has 1 aromatic carbocycles. The monoisotopic (exact) mass is 388 g/mol. The molecule has 2 amide bonds. The molecule has 6 heteroatoms. The summed E-state index contributed by atoms with van der Waals surface area (Å²) in [5, 5.41) is 0. The molecular weight excluding hydrogens is 356 g/mol. The topological polar surface area (TPSA) is 59.1 Å². The third-order valence-corrected chi connectivity index (χ3v) is 6.09. The van der Waals surface area contributed by atoms with Crippen LogP contribution in [0.3, 0.4) is 0 Å². The van der Waals surface area contributed by atoms with Crippen LogP contribution in [-0.2, 0) is 20.7 Å². The summed E-state index contributed by atoms with van der Waals surface area (Å²) in [5.41, 5.74) is 1.17. The summed E-state index contributed by atoms with van der Waals surface area (Å²) in [6.45, 7) is 3.53. The predicted octanol–water partition coefficient (Wildman–Crippen LogP) is 2.51. The van der Waals surface area contributed by atoms with E-state index in [9.17, 15) is 9.59 Å². The summed E-state index contributed by atoms with van der Waals surface area (Å²) >= 11 is 0. The van der Waals surface area contributed by atoms with Gasteiger partial charge in [-0.25, -0.2) is 0 Å². The highest BCUT2D eigenvalue weighted by molar-refractivity contribution is 5.78. The molecule has 2 aliphatic heterocycles. The van der Waals surface area contributed by atoms with Crippen LogP contribution >= 0.6 is 0 Å². The van der Waals surface area contributed by atoms with Gasteiger partial charge in [-0.05, 0) is 43.4 Å². The SMILES string of the molecule is COCCN1C[C@]2(CCCN(C(=O)CCc3cccc(OC)c3)C2)CCC1=O. The second-order valence-corrected chi connectivity index (χ2v) is 8.08. The summed E-state index contributed by atoms with van der Waals surface area (Å²) < 4.78 is 10.4. The van der Waals surface area contributed by atoms with Gasteiger partial charge in [0.15, 0.2) is 0 Å². The van der Waals surface area contributed by atoms with Gasteiger partial charge < -0.3 is 19.3 Å².